The third kappa shape index (κ3) is 3.54. The molecule has 1 heterocycles. The summed E-state index contributed by atoms with van der Waals surface area (Å²) >= 11 is 0. The first-order valence-corrected chi connectivity index (χ1v) is 8.26. The molecule has 0 aromatic heterocycles. The Labute approximate surface area is 125 Å². The third-order valence-electron chi connectivity index (χ3n) is 3.19. The number of nitrogens with zero attached hydrogens (tertiary/aromatic N) is 1. The predicted molar refractivity (Wildman–Crippen MR) is 78.7 cm³/mol. The van der Waals surface area contributed by atoms with E-state index < -0.39 is 10.0 Å². The van der Waals surface area contributed by atoms with Gasteiger partial charge in [-0.1, -0.05) is 0 Å². The summed E-state index contributed by atoms with van der Waals surface area (Å²) in [6, 6.07) is 4.77. The highest BCUT2D eigenvalue weighted by molar-refractivity contribution is 7.89. The normalized spacial score (nSPS) is 14.1. The van der Waals surface area contributed by atoms with Gasteiger partial charge in [-0.3, -0.25) is 4.79 Å². The molecule has 0 fully saturated rings. The second-order valence-corrected chi connectivity index (χ2v) is 7.40. The van der Waals surface area contributed by atoms with Crippen molar-refractivity contribution in [1.29, 1.82) is 0 Å². The lowest BCUT2D eigenvalue weighted by molar-refractivity contribution is -0.121. The van der Waals surface area contributed by atoms with Crippen LogP contribution in [0.3, 0.4) is 0 Å². The van der Waals surface area contributed by atoms with Crippen molar-refractivity contribution in [3.05, 3.63) is 23.8 Å². The smallest absolute Gasteiger partial charge is 0.243 e. The summed E-state index contributed by atoms with van der Waals surface area (Å²) in [7, 11) is -2.27. The summed E-state index contributed by atoms with van der Waals surface area (Å²) in [5, 5.41) is 2.67. The molecule has 1 aromatic rings. The molecule has 1 aliphatic heterocycles. The minimum Gasteiger partial charge on any atom is -0.493 e. The van der Waals surface area contributed by atoms with Crippen LogP contribution >= 0.6 is 0 Å². The fourth-order valence-corrected chi connectivity index (χ4v) is 3.34. The van der Waals surface area contributed by atoms with Crippen LogP contribution in [0.2, 0.25) is 0 Å². The number of likely N-dealkylation sites (N-methyl/N-ethyl adjacent to an activating group) is 1. The Morgan fingerprint density at radius 1 is 1.43 bits per heavy atom. The van der Waals surface area contributed by atoms with Gasteiger partial charge in [0.1, 0.15) is 5.75 Å². The number of hydrogen-bond donors (Lipinski definition) is 1. The first-order valence-electron chi connectivity index (χ1n) is 6.82. The van der Waals surface area contributed by atoms with Gasteiger partial charge in [-0.15, -0.1) is 0 Å². The second kappa shape index (κ2) is 6.03. The van der Waals surface area contributed by atoms with E-state index >= 15 is 0 Å². The van der Waals surface area contributed by atoms with E-state index in [2.05, 4.69) is 5.32 Å². The maximum atomic E-state index is 12.5. The molecule has 116 valence electrons. The maximum absolute atomic E-state index is 12.5. The molecular formula is C14H20N2O4S. The third-order valence-corrected chi connectivity index (χ3v) is 4.98. The molecule has 7 heteroatoms. The summed E-state index contributed by atoms with van der Waals surface area (Å²) in [6.07, 6.45) is 0.705. The highest BCUT2D eigenvalue weighted by Gasteiger charge is 2.25. The van der Waals surface area contributed by atoms with Crippen molar-refractivity contribution in [2.45, 2.75) is 31.2 Å². The van der Waals surface area contributed by atoms with Crippen molar-refractivity contribution >= 4 is 15.9 Å². The predicted octanol–water partition coefficient (Wildman–Crippen LogP) is 0.767. The average molecular weight is 312 g/mol. The fraction of sp³-hybridized carbons (Fsp3) is 0.500. The molecule has 2 rings (SSSR count). The number of hydrogen-bond acceptors (Lipinski definition) is 4. The summed E-state index contributed by atoms with van der Waals surface area (Å²) in [4.78, 5) is 11.9. The van der Waals surface area contributed by atoms with Crippen molar-refractivity contribution in [3.63, 3.8) is 0 Å². The molecule has 0 spiro atoms. The van der Waals surface area contributed by atoms with Crippen LogP contribution in [0.15, 0.2) is 23.1 Å². The van der Waals surface area contributed by atoms with E-state index in [4.69, 9.17) is 4.74 Å². The first kappa shape index (κ1) is 15.8. The number of fused-ring (bicyclic) bond motifs is 1. The van der Waals surface area contributed by atoms with Gasteiger partial charge in [0.15, 0.2) is 0 Å². The van der Waals surface area contributed by atoms with E-state index in [-0.39, 0.29) is 23.4 Å². The Bertz CT molecular complexity index is 640. The number of carbonyl (C=O) groups excluding carboxylic acids is 1. The average Bonchev–Trinajstić information content (AvgIpc) is 2.84. The molecule has 0 atom stereocenters. The number of rotatable bonds is 5. The van der Waals surface area contributed by atoms with Gasteiger partial charge in [-0.05, 0) is 37.6 Å². The van der Waals surface area contributed by atoms with E-state index in [1.165, 1.54) is 13.1 Å². The zero-order chi connectivity index (χ0) is 15.6. The van der Waals surface area contributed by atoms with Gasteiger partial charge >= 0.3 is 0 Å². The largest absolute Gasteiger partial charge is 0.493 e. The van der Waals surface area contributed by atoms with Crippen LogP contribution in [0.5, 0.6) is 5.75 Å². The monoisotopic (exact) mass is 312 g/mol. The van der Waals surface area contributed by atoms with Crippen molar-refractivity contribution in [1.82, 2.24) is 9.62 Å². The van der Waals surface area contributed by atoms with Gasteiger partial charge in [0, 0.05) is 19.5 Å². The Hall–Kier alpha value is -1.60. The quantitative estimate of drug-likeness (QED) is 0.871. The molecule has 0 aliphatic carbocycles. The number of nitrogens with one attached hydrogen (secondary N) is 1. The van der Waals surface area contributed by atoms with E-state index in [1.54, 1.807) is 12.1 Å². The zero-order valence-electron chi connectivity index (χ0n) is 12.4. The lowest BCUT2D eigenvalue weighted by Crippen LogP contribution is -2.40. The van der Waals surface area contributed by atoms with Crippen LogP contribution in [-0.2, 0) is 21.2 Å². The summed E-state index contributed by atoms with van der Waals surface area (Å²) < 4.78 is 31.3. The lowest BCUT2D eigenvalue weighted by Gasteiger charge is -2.18. The van der Waals surface area contributed by atoms with Crippen LogP contribution < -0.4 is 10.1 Å². The Morgan fingerprint density at radius 3 is 2.81 bits per heavy atom. The Balaban J connectivity index is 2.15. The minimum absolute atomic E-state index is 0.0225. The summed E-state index contributed by atoms with van der Waals surface area (Å²) in [5.74, 6) is 0.412. The highest BCUT2D eigenvalue weighted by Crippen LogP contribution is 2.28. The van der Waals surface area contributed by atoms with Crippen LogP contribution in [0.25, 0.3) is 0 Å². The van der Waals surface area contributed by atoms with Crippen LogP contribution in [0, 0.1) is 0 Å². The van der Waals surface area contributed by atoms with E-state index in [1.807, 2.05) is 13.8 Å². The minimum atomic E-state index is -3.67. The fourth-order valence-electron chi connectivity index (χ4n) is 2.16. The Morgan fingerprint density at radius 2 is 2.14 bits per heavy atom. The molecule has 0 saturated heterocycles. The molecule has 6 nitrogen and oxygen atoms in total. The van der Waals surface area contributed by atoms with Gasteiger partial charge in [0.2, 0.25) is 15.9 Å². The van der Waals surface area contributed by atoms with Crippen molar-refractivity contribution in [2.75, 3.05) is 20.2 Å². The van der Waals surface area contributed by atoms with Crippen LogP contribution in [0.1, 0.15) is 19.4 Å². The molecule has 1 aromatic carbocycles. The van der Waals surface area contributed by atoms with Crippen molar-refractivity contribution in [2.24, 2.45) is 0 Å². The molecule has 0 bridgehead atoms. The first-order chi connectivity index (χ1) is 9.80. The van der Waals surface area contributed by atoms with Gasteiger partial charge in [0.25, 0.3) is 0 Å². The standard InChI is InChI=1S/C14H20N2O4S/c1-10(2)15-14(17)9-16(3)21(18,19)12-4-5-13-11(8-12)6-7-20-13/h4-5,8,10H,6-7,9H2,1-3H3,(H,15,17). The summed E-state index contributed by atoms with van der Waals surface area (Å²) in [5.41, 5.74) is 0.885. The lowest BCUT2D eigenvalue weighted by atomic mass is 10.2. The van der Waals surface area contributed by atoms with E-state index in [9.17, 15) is 13.2 Å². The van der Waals surface area contributed by atoms with Gasteiger partial charge in [0.05, 0.1) is 18.0 Å². The van der Waals surface area contributed by atoms with Gasteiger partial charge in [-0.2, -0.15) is 4.31 Å². The molecule has 1 aliphatic rings. The van der Waals surface area contributed by atoms with Gasteiger partial charge < -0.3 is 10.1 Å². The van der Waals surface area contributed by atoms with Crippen LogP contribution in [0.4, 0.5) is 0 Å². The van der Waals surface area contributed by atoms with E-state index in [0.717, 1.165) is 15.6 Å². The van der Waals surface area contributed by atoms with Crippen molar-refractivity contribution in [3.8, 4) is 5.75 Å². The number of benzene rings is 1. The highest BCUT2D eigenvalue weighted by atomic mass is 32.2. The van der Waals surface area contributed by atoms with Crippen molar-refractivity contribution < 1.29 is 17.9 Å². The molecule has 0 radical (unpaired) electrons. The molecule has 1 N–H and O–H groups in total. The molecule has 0 unspecified atom stereocenters. The second-order valence-electron chi connectivity index (χ2n) is 5.35. The zero-order valence-corrected chi connectivity index (χ0v) is 13.2. The molecule has 0 saturated carbocycles. The SMILES string of the molecule is CC(C)NC(=O)CN(C)S(=O)(=O)c1ccc2c(c1)CCO2. The summed E-state index contributed by atoms with van der Waals surface area (Å²) in [6.45, 7) is 4.03. The number of sulfonamides is 1. The van der Waals surface area contributed by atoms with Crippen LogP contribution in [-0.4, -0.2) is 44.9 Å². The number of carbonyl (C=O) groups is 1. The molecular weight excluding hydrogens is 292 g/mol. The Kier molecular flexibility index (Phi) is 4.53. The van der Waals surface area contributed by atoms with Gasteiger partial charge in [-0.25, -0.2) is 8.42 Å². The molecule has 21 heavy (non-hydrogen) atoms. The molecule has 1 amide bonds. The maximum Gasteiger partial charge on any atom is 0.243 e. The topological polar surface area (TPSA) is 75.7 Å². The number of ether oxygens (including phenoxy) is 1. The number of amides is 1. The van der Waals surface area contributed by atoms with E-state index in [0.29, 0.717) is 13.0 Å².